The van der Waals surface area contributed by atoms with Crippen LogP contribution in [0.25, 0.3) is 0 Å². The second-order valence-electron chi connectivity index (χ2n) is 6.43. The lowest BCUT2D eigenvalue weighted by Crippen LogP contribution is -2.51. The summed E-state index contributed by atoms with van der Waals surface area (Å²) in [5.41, 5.74) is 15.7. The van der Waals surface area contributed by atoms with Crippen LogP contribution in [0, 0.1) is 5.92 Å². The van der Waals surface area contributed by atoms with Gasteiger partial charge in [-0.05, 0) is 38.6 Å². The van der Waals surface area contributed by atoms with Crippen molar-refractivity contribution < 1.29 is 29.4 Å². The van der Waals surface area contributed by atoms with Gasteiger partial charge in [0.1, 0.15) is 18.1 Å². The highest BCUT2D eigenvalue weighted by Gasteiger charge is 2.23. The summed E-state index contributed by atoms with van der Waals surface area (Å²) in [6.07, 6.45) is 2.42. The highest BCUT2D eigenvalue weighted by atomic mass is 16.4. The van der Waals surface area contributed by atoms with Gasteiger partial charge in [0, 0.05) is 0 Å². The van der Waals surface area contributed by atoms with Gasteiger partial charge in [-0.1, -0.05) is 20.3 Å². The van der Waals surface area contributed by atoms with Gasteiger partial charge in [-0.15, -0.1) is 0 Å². The van der Waals surface area contributed by atoms with Gasteiger partial charge in [-0.25, -0.2) is 4.79 Å². The van der Waals surface area contributed by atoms with Crippen molar-refractivity contribution in [3.8, 4) is 0 Å². The summed E-state index contributed by atoms with van der Waals surface area (Å²) in [6, 6.07) is -2.50. The molecule has 28 heavy (non-hydrogen) atoms. The first kappa shape index (κ1) is 28.0. The summed E-state index contributed by atoms with van der Waals surface area (Å²) in [6.45, 7) is 5.47. The zero-order valence-electron chi connectivity index (χ0n) is 16.8. The molecule has 0 aliphatic rings. The zero-order valence-corrected chi connectivity index (χ0v) is 16.8. The molecule has 0 saturated heterocycles. The molecule has 4 atom stereocenters. The molecule has 4 unspecified atom stereocenters. The molecular formula is C17H35N5O6. The number of carboxylic acids is 2. The first-order valence-electron chi connectivity index (χ1n) is 9.22. The van der Waals surface area contributed by atoms with E-state index in [9.17, 15) is 19.2 Å². The number of amides is 2. The van der Waals surface area contributed by atoms with Gasteiger partial charge in [-0.3, -0.25) is 14.4 Å². The van der Waals surface area contributed by atoms with Crippen LogP contribution in [-0.4, -0.2) is 65.2 Å². The fourth-order valence-corrected chi connectivity index (χ4v) is 1.91. The zero-order chi connectivity index (χ0) is 22.3. The van der Waals surface area contributed by atoms with E-state index < -0.39 is 41.9 Å². The Bertz CT molecular complexity index is 502. The molecule has 0 bridgehead atoms. The van der Waals surface area contributed by atoms with E-state index in [2.05, 4.69) is 10.6 Å². The van der Waals surface area contributed by atoms with Crippen molar-refractivity contribution in [2.45, 2.75) is 64.6 Å². The lowest BCUT2D eigenvalue weighted by Gasteiger charge is -2.18. The molecule has 0 radical (unpaired) electrons. The molecule has 0 spiro atoms. The van der Waals surface area contributed by atoms with Crippen molar-refractivity contribution in [3.63, 3.8) is 0 Å². The van der Waals surface area contributed by atoms with E-state index in [1.165, 1.54) is 6.92 Å². The summed E-state index contributed by atoms with van der Waals surface area (Å²) in [4.78, 5) is 43.8. The first-order chi connectivity index (χ1) is 13.0. The van der Waals surface area contributed by atoms with E-state index in [0.717, 1.165) is 6.42 Å². The summed E-state index contributed by atoms with van der Waals surface area (Å²) >= 11 is 0. The molecule has 0 saturated carbocycles. The summed E-state index contributed by atoms with van der Waals surface area (Å²) in [5.74, 6) is -2.98. The number of rotatable bonds is 12. The van der Waals surface area contributed by atoms with Crippen LogP contribution in [0.4, 0.5) is 0 Å². The van der Waals surface area contributed by atoms with Crippen molar-refractivity contribution in [2.75, 3.05) is 13.1 Å². The van der Waals surface area contributed by atoms with Crippen LogP contribution in [0.3, 0.4) is 0 Å². The highest BCUT2D eigenvalue weighted by molar-refractivity contribution is 5.90. The van der Waals surface area contributed by atoms with Gasteiger partial charge >= 0.3 is 11.9 Å². The SMILES string of the molecule is CC(NC(=O)CN)C(=O)NC(CCCCN)C(=O)O.CCC(C)C(N)C(=O)O. The van der Waals surface area contributed by atoms with Crippen LogP contribution in [0.2, 0.25) is 0 Å². The fourth-order valence-electron chi connectivity index (χ4n) is 1.91. The Morgan fingerprint density at radius 1 is 0.964 bits per heavy atom. The molecule has 0 aromatic rings. The molecule has 164 valence electrons. The third-order valence-corrected chi connectivity index (χ3v) is 4.06. The maximum atomic E-state index is 11.7. The minimum atomic E-state index is -1.11. The van der Waals surface area contributed by atoms with Gasteiger partial charge in [0.15, 0.2) is 0 Å². The lowest BCUT2D eigenvalue weighted by molar-refractivity contribution is -0.142. The normalized spacial score (nSPS) is 14.5. The van der Waals surface area contributed by atoms with Gasteiger partial charge < -0.3 is 38.0 Å². The fraction of sp³-hybridized carbons (Fsp3) is 0.765. The van der Waals surface area contributed by atoms with E-state index >= 15 is 0 Å². The molecule has 0 fully saturated rings. The molecule has 2 amide bonds. The van der Waals surface area contributed by atoms with Crippen molar-refractivity contribution >= 4 is 23.8 Å². The quantitative estimate of drug-likeness (QED) is 0.190. The minimum absolute atomic E-state index is 0.0718. The first-order valence-corrected chi connectivity index (χ1v) is 9.22. The van der Waals surface area contributed by atoms with Crippen LogP contribution in [0.5, 0.6) is 0 Å². The van der Waals surface area contributed by atoms with Gasteiger partial charge in [0.25, 0.3) is 0 Å². The van der Waals surface area contributed by atoms with Gasteiger partial charge in [0.05, 0.1) is 6.54 Å². The number of carboxylic acid groups (broad SMARTS) is 2. The molecule has 11 nitrogen and oxygen atoms in total. The minimum Gasteiger partial charge on any atom is -0.480 e. The molecular weight excluding hydrogens is 370 g/mol. The number of aliphatic carboxylic acids is 2. The Morgan fingerprint density at radius 3 is 1.89 bits per heavy atom. The molecule has 0 aromatic carbocycles. The molecule has 11 heteroatoms. The summed E-state index contributed by atoms with van der Waals surface area (Å²) in [7, 11) is 0. The molecule has 0 heterocycles. The Kier molecular flexibility index (Phi) is 15.8. The van der Waals surface area contributed by atoms with Crippen LogP contribution in [-0.2, 0) is 19.2 Å². The lowest BCUT2D eigenvalue weighted by atomic mass is 10.0. The van der Waals surface area contributed by atoms with E-state index in [4.69, 9.17) is 27.4 Å². The number of carbonyl (C=O) groups is 4. The number of nitrogens with one attached hydrogen (secondary N) is 2. The number of nitrogens with two attached hydrogens (primary N) is 3. The average Bonchev–Trinajstić information content (AvgIpc) is 2.65. The third-order valence-electron chi connectivity index (χ3n) is 4.06. The van der Waals surface area contributed by atoms with Crippen LogP contribution in [0.15, 0.2) is 0 Å². The van der Waals surface area contributed by atoms with E-state index in [-0.39, 0.29) is 12.5 Å². The number of hydrogen-bond acceptors (Lipinski definition) is 7. The number of unbranched alkanes of at least 4 members (excludes halogenated alkanes) is 1. The Morgan fingerprint density at radius 2 is 1.54 bits per heavy atom. The largest absolute Gasteiger partial charge is 0.480 e. The number of carbonyl (C=O) groups excluding carboxylic acids is 2. The van der Waals surface area contributed by atoms with Crippen molar-refractivity contribution in [1.82, 2.24) is 10.6 Å². The summed E-state index contributed by atoms with van der Waals surface area (Å²) in [5, 5.41) is 22.1. The molecule has 0 aliphatic heterocycles. The van der Waals surface area contributed by atoms with Gasteiger partial charge in [0.2, 0.25) is 11.8 Å². The molecule has 10 N–H and O–H groups in total. The second-order valence-corrected chi connectivity index (χ2v) is 6.43. The van der Waals surface area contributed by atoms with E-state index in [1.54, 1.807) is 0 Å². The predicted molar refractivity (Wildman–Crippen MR) is 104 cm³/mol. The Labute approximate surface area is 165 Å². The highest BCUT2D eigenvalue weighted by Crippen LogP contribution is 2.04. The monoisotopic (exact) mass is 405 g/mol. The van der Waals surface area contributed by atoms with Crippen molar-refractivity contribution in [2.24, 2.45) is 23.1 Å². The smallest absolute Gasteiger partial charge is 0.326 e. The van der Waals surface area contributed by atoms with Crippen LogP contribution in [0.1, 0.15) is 46.5 Å². The van der Waals surface area contributed by atoms with Crippen molar-refractivity contribution in [1.29, 1.82) is 0 Å². The predicted octanol–water partition coefficient (Wildman–Crippen LogP) is -1.41. The maximum Gasteiger partial charge on any atom is 0.326 e. The molecule has 0 aliphatic carbocycles. The Hall–Kier alpha value is -2.24. The summed E-state index contributed by atoms with van der Waals surface area (Å²) < 4.78 is 0. The van der Waals surface area contributed by atoms with E-state index in [0.29, 0.717) is 25.8 Å². The maximum absolute atomic E-state index is 11.7. The van der Waals surface area contributed by atoms with E-state index in [1.807, 2.05) is 13.8 Å². The Balaban J connectivity index is 0. The van der Waals surface area contributed by atoms with Crippen LogP contribution < -0.4 is 27.8 Å². The van der Waals surface area contributed by atoms with Crippen LogP contribution >= 0.6 is 0 Å². The topological polar surface area (TPSA) is 211 Å². The second kappa shape index (κ2) is 15.8. The standard InChI is InChI=1S/C11H22N4O4.C6H13NO2/c1-7(14-9(16)6-13)10(17)15-8(11(18)19)4-2-3-5-12;1-3-4(2)5(7)6(8)9/h7-8H,2-6,12-13H2,1H3,(H,14,16)(H,15,17)(H,18,19);4-5H,3,7H2,1-2H3,(H,8,9). The molecule has 0 aromatic heterocycles. The average molecular weight is 405 g/mol. The van der Waals surface area contributed by atoms with Crippen molar-refractivity contribution in [3.05, 3.63) is 0 Å². The number of hydrogen-bond donors (Lipinski definition) is 7. The third kappa shape index (κ3) is 13.0. The van der Waals surface area contributed by atoms with Gasteiger partial charge in [-0.2, -0.15) is 0 Å². The molecule has 0 rings (SSSR count).